The normalized spacial score (nSPS) is 9.95. The van der Waals surface area contributed by atoms with Crippen LogP contribution in [0.1, 0.15) is 25.0 Å². The highest BCUT2D eigenvalue weighted by Crippen LogP contribution is 2.13. The summed E-state index contributed by atoms with van der Waals surface area (Å²) in [6.45, 7) is 5.52. The van der Waals surface area contributed by atoms with Gasteiger partial charge in [0.2, 0.25) is 5.91 Å². The Morgan fingerprint density at radius 1 is 1.42 bits per heavy atom. The van der Waals surface area contributed by atoms with E-state index in [0.29, 0.717) is 5.69 Å². The summed E-state index contributed by atoms with van der Waals surface area (Å²) in [6, 6.07) is 5.52. The van der Waals surface area contributed by atoms with Gasteiger partial charge in [-0.15, -0.1) is 0 Å². The highest BCUT2D eigenvalue weighted by molar-refractivity contribution is 5.92. The van der Waals surface area contributed by atoms with Crippen LogP contribution in [-0.4, -0.2) is 30.3 Å². The summed E-state index contributed by atoms with van der Waals surface area (Å²) in [7, 11) is 0. The highest BCUT2D eigenvalue weighted by atomic mass is 16.5. The van der Waals surface area contributed by atoms with Crippen molar-refractivity contribution in [2.24, 2.45) is 0 Å². The van der Waals surface area contributed by atoms with Crippen molar-refractivity contribution in [3.05, 3.63) is 29.3 Å². The molecule has 0 aliphatic carbocycles. The minimum absolute atomic E-state index is 0.0224. The fourth-order valence-corrected chi connectivity index (χ4v) is 1.51. The van der Waals surface area contributed by atoms with Crippen LogP contribution in [0.5, 0.6) is 0 Å². The predicted octanol–water partition coefficient (Wildman–Crippen LogP) is 1.70. The number of anilines is 1. The van der Waals surface area contributed by atoms with Crippen LogP contribution in [0.15, 0.2) is 18.2 Å². The van der Waals surface area contributed by atoms with Gasteiger partial charge in [-0.3, -0.25) is 4.79 Å². The highest BCUT2D eigenvalue weighted by Gasteiger charge is 2.05. The Balaban J connectivity index is 2.72. The number of amides is 1. The van der Waals surface area contributed by atoms with Crippen LogP contribution in [0, 0.1) is 18.8 Å². The second kappa shape index (κ2) is 7.57. The third kappa shape index (κ3) is 6.05. The second-order valence-electron chi connectivity index (χ2n) is 4.46. The molecule has 0 radical (unpaired) electrons. The van der Waals surface area contributed by atoms with Gasteiger partial charge >= 0.3 is 0 Å². The molecule has 2 N–H and O–H groups in total. The average molecular weight is 261 g/mol. The zero-order chi connectivity index (χ0) is 14.3. The van der Waals surface area contributed by atoms with Crippen molar-refractivity contribution in [1.29, 1.82) is 0 Å². The van der Waals surface area contributed by atoms with Gasteiger partial charge in [0.1, 0.15) is 13.2 Å². The van der Waals surface area contributed by atoms with E-state index >= 15 is 0 Å². The SMILES string of the molecule is Cc1cc(C#CCO)cc(NC(=O)COC(C)C)c1. The maximum atomic E-state index is 11.6. The number of ether oxygens (including phenoxy) is 1. The number of aliphatic hydroxyl groups excluding tert-OH is 1. The lowest BCUT2D eigenvalue weighted by Gasteiger charge is -2.09. The number of benzene rings is 1. The van der Waals surface area contributed by atoms with Crippen LogP contribution in [0.3, 0.4) is 0 Å². The van der Waals surface area contributed by atoms with E-state index < -0.39 is 0 Å². The smallest absolute Gasteiger partial charge is 0.250 e. The quantitative estimate of drug-likeness (QED) is 0.811. The Hall–Kier alpha value is -1.83. The molecule has 0 unspecified atom stereocenters. The molecule has 0 aromatic heterocycles. The minimum atomic E-state index is -0.194. The van der Waals surface area contributed by atoms with Crippen LogP contribution < -0.4 is 5.32 Å². The first kappa shape index (κ1) is 15.2. The first-order valence-electron chi connectivity index (χ1n) is 6.14. The molecule has 0 saturated carbocycles. The van der Waals surface area contributed by atoms with Gasteiger partial charge in [-0.05, 0) is 44.5 Å². The van der Waals surface area contributed by atoms with E-state index in [-0.39, 0.29) is 25.2 Å². The Morgan fingerprint density at radius 3 is 2.79 bits per heavy atom. The molecule has 102 valence electrons. The lowest BCUT2D eigenvalue weighted by molar-refractivity contribution is -0.121. The Labute approximate surface area is 113 Å². The zero-order valence-corrected chi connectivity index (χ0v) is 11.5. The number of hydrogen-bond donors (Lipinski definition) is 2. The fourth-order valence-electron chi connectivity index (χ4n) is 1.51. The lowest BCUT2D eigenvalue weighted by Crippen LogP contribution is -2.20. The van der Waals surface area contributed by atoms with Crippen molar-refractivity contribution in [2.75, 3.05) is 18.5 Å². The molecule has 4 heteroatoms. The lowest BCUT2D eigenvalue weighted by atomic mass is 10.1. The monoisotopic (exact) mass is 261 g/mol. The van der Waals surface area contributed by atoms with Crippen molar-refractivity contribution < 1.29 is 14.6 Å². The molecule has 0 saturated heterocycles. The third-order valence-electron chi connectivity index (χ3n) is 2.22. The molecule has 1 aromatic rings. The van der Waals surface area contributed by atoms with Gasteiger partial charge in [0.25, 0.3) is 0 Å². The molecule has 1 amide bonds. The van der Waals surface area contributed by atoms with Gasteiger partial charge in [0, 0.05) is 11.3 Å². The predicted molar refractivity (Wildman–Crippen MR) is 74.9 cm³/mol. The Morgan fingerprint density at radius 2 is 2.16 bits per heavy atom. The maximum absolute atomic E-state index is 11.6. The molecule has 1 aromatic carbocycles. The maximum Gasteiger partial charge on any atom is 0.250 e. The van der Waals surface area contributed by atoms with Gasteiger partial charge in [0.05, 0.1) is 6.10 Å². The molecule has 0 aliphatic rings. The summed E-state index contributed by atoms with van der Waals surface area (Å²) < 4.78 is 5.23. The molecular formula is C15H19NO3. The van der Waals surface area contributed by atoms with Crippen molar-refractivity contribution in [3.8, 4) is 11.8 Å². The van der Waals surface area contributed by atoms with Gasteiger partial charge in [-0.1, -0.05) is 11.8 Å². The third-order valence-corrected chi connectivity index (χ3v) is 2.22. The fraction of sp³-hybridized carbons (Fsp3) is 0.400. The first-order valence-corrected chi connectivity index (χ1v) is 6.14. The molecule has 0 aliphatic heterocycles. The van der Waals surface area contributed by atoms with E-state index in [1.54, 1.807) is 6.07 Å². The number of nitrogens with one attached hydrogen (secondary N) is 1. The topological polar surface area (TPSA) is 58.6 Å². The number of carbonyl (C=O) groups is 1. The molecule has 4 nitrogen and oxygen atoms in total. The van der Waals surface area contributed by atoms with E-state index in [4.69, 9.17) is 9.84 Å². The number of aryl methyl sites for hydroxylation is 1. The standard InChI is InChI=1S/C15H19NO3/c1-11(2)19-10-15(18)16-14-8-12(3)7-13(9-14)5-4-6-17/h7-9,11,17H,6,10H2,1-3H3,(H,16,18). The Bertz CT molecular complexity index is 498. The molecule has 0 bridgehead atoms. The summed E-state index contributed by atoms with van der Waals surface area (Å²) in [5, 5.41) is 11.4. The zero-order valence-electron chi connectivity index (χ0n) is 11.5. The summed E-state index contributed by atoms with van der Waals surface area (Å²) in [6.07, 6.45) is 0.0224. The van der Waals surface area contributed by atoms with E-state index in [1.807, 2.05) is 32.9 Å². The second-order valence-corrected chi connectivity index (χ2v) is 4.46. The van der Waals surface area contributed by atoms with E-state index in [1.165, 1.54) is 0 Å². The van der Waals surface area contributed by atoms with E-state index in [2.05, 4.69) is 17.2 Å². The number of carbonyl (C=O) groups excluding carboxylic acids is 1. The van der Waals surface area contributed by atoms with E-state index in [9.17, 15) is 4.79 Å². The number of rotatable bonds is 4. The van der Waals surface area contributed by atoms with Crippen LogP contribution >= 0.6 is 0 Å². The number of aliphatic hydroxyl groups is 1. The minimum Gasteiger partial charge on any atom is -0.384 e. The Kier molecular flexibility index (Phi) is 6.07. The summed E-state index contributed by atoms with van der Waals surface area (Å²) in [4.78, 5) is 11.6. The van der Waals surface area contributed by atoms with Crippen molar-refractivity contribution in [2.45, 2.75) is 26.9 Å². The molecule has 1 rings (SSSR count). The van der Waals surface area contributed by atoms with Crippen LogP contribution in [0.25, 0.3) is 0 Å². The summed E-state index contributed by atoms with van der Waals surface area (Å²) >= 11 is 0. The van der Waals surface area contributed by atoms with Crippen molar-refractivity contribution >= 4 is 11.6 Å². The summed E-state index contributed by atoms with van der Waals surface area (Å²) in [5.74, 6) is 5.20. The molecule has 19 heavy (non-hydrogen) atoms. The van der Waals surface area contributed by atoms with Crippen molar-refractivity contribution in [1.82, 2.24) is 0 Å². The van der Waals surface area contributed by atoms with Gasteiger partial charge < -0.3 is 15.2 Å². The van der Waals surface area contributed by atoms with Crippen molar-refractivity contribution in [3.63, 3.8) is 0 Å². The van der Waals surface area contributed by atoms with Crippen LogP contribution in [0.2, 0.25) is 0 Å². The summed E-state index contributed by atoms with van der Waals surface area (Å²) in [5.41, 5.74) is 2.43. The molecule has 0 fully saturated rings. The van der Waals surface area contributed by atoms with E-state index in [0.717, 1.165) is 11.1 Å². The van der Waals surface area contributed by atoms with Crippen LogP contribution in [0.4, 0.5) is 5.69 Å². The largest absolute Gasteiger partial charge is 0.384 e. The van der Waals surface area contributed by atoms with Gasteiger partial charge in [-0.25, -0.2) is 0 Å². The van der Waals surface area contributed by atoms with Gasteiger partial charge in [-0.2, -0.15) is 0 Å². The average Bonchev–Trinajstić information content (AvgIpc) is 2.33. The first-order chi connectivity index (χ1) is 9.01. The molecule has 0 heterocycles. The molecular weight excluding hydrogens is 242 g/mol. The van der Waals surface area contributed by atoms with Gasteiger partial charge in [0.15, 0.2) is 0 Å². The van der Waals surface area contributed by atoms with Crippen LogP contribution in [-0.2, 0) is 9.53 Å². The number of hydrogen-bond acceptors (Lipinski definition) is 3. The molecule has 0 spiro atoms. The molecule has 0 atom stereocenters.